The standard InChI is InChI=1S/C17H24N2O3/c1-11(2)12(3)19(14-6-7-14)17(21)13-4-8-15(9-5-13)22-10-16(18)20/h4-5,8-9,11-12,14H,6-7,10H2,1-3H3,(H2,18,20)/t12-/m1/s1. The number of carbonyl (C=O) groups is 2. The predicted octanol–water partition coefficient (Wildman–Crippen LogP) is 2.20. The lowest BCUT2D eigenvalue weighted by Crippen LogP contribution is -2.43. The molecular formula is C17H24N2O3. The highest BCUT2D eigenvalue weighted by molar-refractivity contribution is 5.95. The van der Waals surface area contributed by atoms with Gasteiger partial charge in [0.15, 0.2) is 6.61 Å². The van der Waals surface area contributed by atoms with Gasteiger partial charge in [-0.25, -0.2) is 0 Å². The summed E-state index contributed by atoms with van der Waals surface area (Å²) in [5.74, 6) is 0.490. The Labute approximate surface area is 131 Å². The van der Waals surface area contributed by atoms with Crippen molar-refractivity contribution in [2.75, 3.05) is 6.61 Å². The van der Waals surface area contributed by atoms with E-state index in [2.05, 4.69) is 20.8 Å². The van der Waals surface area contributed by atoms with E-state index in [0.717, 1.165) is 12.8 Å². The molecule has 5 nitrogen and oxygen atoms in total. The Kier molecular flexibility index (Phi) is 5.06. The average molecular weight is 304 g/mol. The molecule has 120 valence electrons. The van der Waals surface area contributed by atoms with Gasteiger partial charge in [-0.3, -0.25) is 9.59 Å². The van der Waals surface area contributed by atoms with Crippen molar-refractivity contribution < 1.29 is 14.3 Å². The van der Waals surface area contributed by atoms with Crippen LogP contribution in [0.2, 0.25) is 0 Å². The molecule has 0 radical (unpaired) electrons. The van der Waals surface area contributed by atoms with Crippen molar-refractivity contribution in [3.63, 3.8) is 0 Å². The molecule has 1 aliphatic rings. The van der Waals surface area contributed by atoms with E-state index in [4.69, 9.17) is 10.5 Å². The van der Waals surface area contributed by atoms with Gasteiger partial charge in [-0.2, -0.15) is 0 Å². The zero-order valence-corrected chi connectivity index (χ0v) is 13.4. The molecule has 2 amide bonds. The Balaban J connectivity index is 2.08. The maximum Gasteiger partial charge on any atom is 0.255 e. The molecule has 22 heavy (non-hydrogen) atoms. The van der Waals surface area contributed by atoms with E-state index < -0.39 is 5.91 Å². The lowest BCUT2D eigenvalue weighted by molar-refractivity contribution is -0.119. The Morgan fingerprint density at radius 1 is 1.23 bits per heavy atom. The molecule has 1 saturated carbocycles. The summed E-state index contributed by atoms with van der Waals surface area (Å²) in [6, 6.07) is 7.45. The second kappa shape index (κ2) is 6.81. The Hall–Kier alpha value is -2.04. The van der Waals surface area contributed by atoms with Crippen LogP contribution in [-0.4, -0.2) is 35.4 Å². The van der Waals surface area contributed by atoms with E-state index in [-0.39, 0.29) is 18.6 Å². The van der Waals surface area contributed by atoms with Crippen LogP contribution in [0.3, 0.4) is 0 Å². The number of carbonyl (C=O) groups excluding carboxylic acids is 2. The van der Waals surface area contributed by atoms with Crippen molar-refractivity contribution in [1.29, 1.82) is 0 Å². The number of amides is 2. The summed E-state index contributed by atoms with van der Waals surface area (Å²) < 4.78 is 5.21. The Bertz CT molecular complexity index is 535. The second-order valence-electron chi connectivity index (χ2n) is 6.21. The zero-order valence-electron chi connectivity index (χ0n) is 13.4. The monoisotopic (exact) mass is 304 g/mol. The maximum absolute atomic E-state index is 12.8. The smallest absolute Gasteiger partial charge is 0.255 e. The van der Waals surface area contributed by atoms with Gasteiger partial charge in [-0.15, -0.1) is 0 Å². The molecule has 1 aromatic carbocycles. The number of benzene rings is 1. The number of nitrogens with two attached hydrogens (primary N) is 1. The maximum atomic E-state index is 12.8. The van der Waals surface area contributed by atoms with Gasteiger partial charge in [0, 0.05) is 17.6 Å². The zero-order chi connectivity index (χ0) is 16.3. The summed E-state index contributed by atoms with van der Waals surface area (Å²) >= 11 is 0. The topological polar surface area (TPSA) is 72.6 Å². The number of nitrogens with zero attached hydrogens (tertiary/aromatic N) is 1. The minimum atomic E-state index is -0.522. The first kappa shape index (κ1) is 16.3. The number of primary amides is 1. The summed E-state index contributed by atoms with van der Waals surface area (Å²) in [6.07, 6.45) is 2.17. The van der Waals surface area contributed by atoms with Gasteiger partial charge in [0.2, 0.25) is 0 Å². The lowest BCUT2D eigenvalue weighted by atomic mass is 10.0. The van der Waals surface area contributed by atoms with Gasteiger partial charge in [0.05, 0.1) is 0 Å². The highest BCUT2D eigenvalue weighted by atomic mass is 16.5. The van der Waals surface area contributed by atoms with Crippen LogP contribution >= 0.6 is 0 Å². The van der Waals surface area contributed by atoms with Gasteiger partial charge >= 0.3 is 0 Å². The normalized spacial score (nSPS) is 15.5. The number of ether oxygens (including phenoxy) is 1. The molecule has 0 bridgehead atoms. The molecule has 0 saturated heterocycles. The van der Waals surface area contributed by atoms with Crippen LogP contribution in [-0.2, 0) is 4.79 Å². The molecular weight excluding hydrogens is 280 g/mol. The fourth-order valence-electron chi connectivity index (χ4n) is 2.35. The van der Waals surface area contributed by atoms with Crippen LogP contribution in [0.25, 0.3) is 0 Å². The van der Waals surface area contributed by atoms with Crippen molar-refractivity contribution in [3.05, 3.63) is 29.8 Å². The van der Waals surface area contributed by atoms with Crippen molar-refractivity contribution in [1.82, 2.24) is 4.90 Å². The van der Waals surface area contributed by atoms with Crippen LogP contribution in [0.5, 0.6) is 5.75 Å². The van der Waals surface area contributed by atoms with E-state index in [1.165, 1.54) is 0 Å². The minimum absolute atomic E-state index is 0.0603. The average Bonchev–Trinajstić information content (AvgIpc) is 3.30. The number of hydrogen-bond donors (Lipinski definition) is 1. The van der Waals surface area contributed by atoms with E-state index in [0.29, 0.717) is 23.3 Å². The van der Waals surface area contributed by atoms with E-state index in [1.54, 1.807) is 24.3 Å². The highest BCUT2D eigenvalue weighted by Crippen LogP contribution is 2.32. The number of rotatable bonds is 7. The third-order valence-corrected chi connectivity index (χ3v) is 4.06. The third-order valence-electron chi connectivity index (χ3n) is 4.06. The van der Waals surface area contributed by atoms with Crippen LogP contribution in [0.1, 0.15) is 44.0 Å². The second-order valence-corrected chi connectivity index (χ2v) is 6.21. The molecule has 1 atom stereocenters. The van der Waals surface area contributed by atoms with Gasteiger partial charge < -0.3 is 15.4 Å². The molecule has 2 N–H and O–H groups in total. The fraction of sp³-hybridized carbons (Fsp3) is 0.529. The van der Waals surface area contributed by atoms with E-state index in [1.807, 2.05) is 4.90 Å². The van der Waals surface area contributed by atoms with Crippen LogP contribution in [0.15, 0.2) is 24.3 Å². The van der Waals surface area contributed by atoms with Gasteiger partial charge in [0.1, 0.15) is 5.75 Å². The largest absolute Gasteiger partial charge is 0.484 e. The van der Waals surface area contributed by atoms with Crippen molar-refractivity contribution in [2.45, 2.75) is 45.7 Å². The van der Waals surface area contributed by atoms with Gasteiger partial charge in [-0.05, 0) is 49.9 Å². The summed E-state index contributed by atoms with van der Waals surface area (Å²) in [4.78, 5) is 25.5. The summed E-state index contributed by atoms with van der Waals surface area (Å²) in [6.45, 7) is 6.21. The van der Waals surface area contributed by atoms with Crippen molar-refractivity contribution in [3.8, 4) is 5.75 Å². The lowest BCUT2D eigenvalue weighted by Gasteiger charge is -2.32. The van der Waals surface area contributed by atoms with Gasteiger partial charge in [-0.1, -0.05) is 13.8 Å². The first-order valence-electron chi connectivity index (χ1n) is 7.74. The molecule has 0 aromatic heterocycles. The molecule has 2 rings (SSSR count). The Morgan fingerprint density at radius 3 is 2.27 bits per heavy atom. The minimum Gasteiger partial charge on any atom is -0.484 e. The highest BCUT2D eigenvalue weighted by Gasteiger charge is 2.36. The molecule has 1 aromatic rings. The van der Waals surface area contributed by atoms with Crippen molar-refractivity contribution >= 4 is 11.8 Å². The summed E-state index contributed by atoms with van der Waals surface area (Å²) in [5.41, 5.74) is 5.68. The molecule has 5 heteroatoms. The SMILES string of the molecule is CC(C)[C@@H](C)N(C(=O)c1ccc(OCC(N)=O)cc1)C1CC1. The molecule has 0 spiro atoms. The van der Waals surface area contributed by atoms with Gasteiger partial charge in [0.25, 0.3) is 11.8 Å². The summed E-state index contributed by atoms with van der Waals surface area (Å²) in [5, 5.41) is 0. The predicted molar refractivity (Wildman–Crippen MR) is 84.6 cm³/mol. The quantitative estimate of drug-likeness (QED) is 0.839. The number of hydrogen-bond acceptors (Lipinski definition) is 3. The molecule has 1 aliphatic carbocycles. The van der Waals surface area contributed by atoms with E-state index >= 15 is 0 Å². The summed E-state index contributed by atoms with van der Waals surface area (Å²) in [7, 11) is 0. The van der Waals surface area contributed by atoms with Crippen LogP contribution in [0.4, 0.5) is 0 Å². The van der Waals surface area contributed by atoms with Crippen LogP contribution < -0.4 is 10.5 Å². The van der Waals surface area contributed by atoms with Crippen molar-refractivity contribution in [2.24, 2.45) is 11.7 Å². The third kappa shape index (κ3) is 4.00. The molecule has 0 heterocycles. The molecule has 1 fully saturated rings. The molecule has 0 aliphatic heterocycles. The first-order chi connectivity index (χ1) is 10.4. The van der Waals surface area contributed by atoms with Crippen LogP contribution in [0, 0.1) is 5.92 Å². The first-order valence-corrected chi connectivity index (χ1v) is 7.74. The fourth-order valence-corrected chi connectivity index (χ4v) is 2.35. The Morgan fingerprint density at radius 2 is 1.82 bits per heavy atom. The van der Waals surface area contributed by atoms with E-state index in [9.17, 15) is 9.59 Å². The molecule has 0 unspecified atom stereocenters.